The molecule has 22 heavy (non-hydrogen) atoms. The summed E-state index contributed by atoms with van der Waals surface area (Å²) in [6.45, 7) is 3.93. The van der Waals surface area contributed by atoms with E-state index in [2.05, 4.69) is 10.3 Å². The van der Waals surface area contributed by atoms with Crippen LogP contribution in [0.3, 0.4) is 0 Å². The van der Waals surface area contributed by atoms with Gasteiger partial charge in [0.05, 0.1) is 10.0 Å². The average molecular weight is 337 g/mol. The first-order chi connectivity index (χ1) is 10.6. The normalized spacial score (nSPS) is 19.1. The number of aromatic nitrogens is 1. The molecule has 2 heterocycles. The Hall–Kier alpha value is -1.29. The topological polar surface area (TPSA) is 34.1 Å². The van der Waals surface area contributed by atoms with E-state index in [1.165, 1.54) is 0 Å². The summed E-state index contributed by atoms with van der Waals surface area (Å²) in [5, 5.41) is 4.63. The third-order valence-electron chi connectivity index (χ3n) is 3.92. The van der Waals surface area contributed by atoms with Gasteiger partial charge in [0, 0.05) is 30.4 Å². The van der Waals surface area contributed by atoms with Crippen LogP contribution in [0.25, 0.3) is 0 Å². The SMILES string of the molecule is Cc1ccc(OC(c2cncc(Cl)c2)[C@H]2CCNC2)c(Cl)c1. The Labute approximate surface area is 140 Å². The third-order valence-corrected chi connectivity index (χ3v) is 4.42. The maximum absolute atomic E-state index is 6.32. The Morgan fingerprint density at radius 1 is 1.27 bits per heavy atom. The molecule has 1 aliphatic rings. The average Bonchev–Trinajstić information content (AvgIpc) is 3.00. The Morgan fingerprint density at radius 2 is 2.14 bits per heavy atom. The lowest BCUT2D eigenvalue weighted by Gasteiger charge is -2.25. The molecular weight excluding hydrogens is 319 g/mol. The van der Waals surface area contributed by atoms with Crippen molar-refractivity contribution >= 4 is 23.2 Å². The van der Waals surface area contributed by atoms with Gasteiger partial charge in [-0.1, -0.05) is 29.3 Å². The Morgan fingerprint density at radius 3 is 2.82 bits per heavy atom. The second kappa shape index (κ2) is 6.86. The molecule has 1 aromatic heterocycles. The van der Waals surface area contributed by atoms with Gasteiger partial charge in [0.1, 0.15) is 11.9 Å². The molecule has 1 N–H and O–H groups in total. The van der Waals surface area contributed by atoms with Crippen molar-refractivity contribution < 1.29 is 4.74 Å². The van der Waals surface area contributed by atoms with Gasteiger partial charge in [-0.2, -0.15) is 0 Å². The molecule has 0 saturated carbocycles. The van der Waals surface area contributed by atoms with E-state index in [1.807, 2.05) is 37.4 Å². The van der Waals surface area contributed by atoms with Crippen molar-refractivity contribution in [3.8, 4) is 5.75 Å². The van der Waals surface area contributed by atoms with Gasteiger partial charge >= 0.3 is 0 Å². The second-order valence-electron chi connectivity index (χ2n) is 5.66. The highest BCUT2D eigenvalue weighted by molar-refractivity contribution is 6.32. The van der Waals surface area contributed by atoms with Gasteiger partial charge in [-0.15, -0.1) is 0 Å². The molecule has 2 atom stereocenters. The van der Waals surface area contributed by atoms with E-state index < -0.39 is 0 Å². The van der Waals surface area contributed by atoms with E-state index in [4.69, 9.17) is 27.9 Å². The number of ether oxygens (including phenoxy) is 1. The summed E-state index contributed by atoms with van der Waals surface area (Å²) in [6, 6.07) is 7.75. The monoisotopic (exact) mass is 336 g/mol. The van der Waals surface area contributed by atoms with Crippen molar-refractivity contribution in [2.75, 3.05) is 13.1 Å². The van der Waals surface area contributed by atoms with Crippen LogP contribution in [0.5, 0.6) is 5.75 Å². The van der Waals surface area contributed by atoms with Gasteiger partial charge in [-0.3, -0.25) is 4.98 Å². The molecule has 5 heteroatoms. The summed E-state index contributed by atoms with van der Waals surface area (Å²) in [7, 11) is 0. The molecule has 0 bridgehead atoms. The Kier molecular flexibility index (Phi) is 4.87. The number of aryl methyl sites for hydroxylation is 1. The molecule has 1 unspecified atom stereocenters. The van der Waals surface area contributed by atoms with Crippen LogP contribution < -0.4 is 10.1 Å². The first kappa shape index (κ1) is 15.6. The highest BCUT2D eigenvalue weighted by Crippen LogP contribution is 2.35. The number of nitrogens with one attached hydrogen (secondary N) is 1. The van der Waals surface area contributed by atoms with Crippen molar-refractivity contribution in [2.24, 2.45) is 5.92 Å². The van der Waals surface area contributed by atoms with Crippen LogP contribution in [0, 0.1) is 12.8 Å². The number of hydrogen-bond acceptors (Lipinski definition) is 3. The van der Waals surface area contributed by atoms with Crippen molar-refractivity contribution in [1.82, 2.24) is 10.3 Å². The van der Waals surface area contributed by atoms with Crippen LogP contribution in [0.2, 0.25) is 10.0 Å². The summed E-state index contributed by atoms with van der Waals surface area (Å²) < 4.78 is 6.25. The van der Waals surface area contributed by atoms with Gasteiger partial charge in [-0.05, 0) is 43.7 Å². The molecule has 0 amide bonds. The van der Waals surface area contributed by atoms with E-state index in [-0.39, 0.29) is 6.10 Å². The standard InChI is InChI=1S/C17H18Cl2N2O/c1-11-2-3-16(15(19)6-11)22-17(12-4-5-20-8-12)13-7-14(18)10-21-9-13/h2-3,6-7,9-10,12,17,20H,4-5,8H2,1H3/t12-,17?/m0/s1. The Bertz CT molecular complexity index is 657. The number of hydrogen-bond donors (Lipinski definition) is 1. The van der Waals surface area contributed by atoms with E-state index in [0.29, 0.717) is 21.7 Å². The van der Waals surface area contributed by atoms with Gasteiger partial charge in [-0.25, -0.2) is 0 Å². The number of halogens is 2. The Balaban J connectivity index is 1.91. The lowest BCUT2D eigenvalue weighted by Crippen LogP contribution is -2.21. The highest BCUT2D eigenvalue weighted by Gasteiger charge is 2.29. The molecule has 0 radical (unpaired) electrons. The van der Waals surface area contributed by atoms with Gasteiger partial charge in [0.15, 0.2) is 0 Å². The second-order valence-corrected chi connectivity index (χ2v) is 6.51. The van der Waals surface area contributed by atoms with Crippen molar-refractivity contribution in [2.45, 2.75) is 19.4 Å². The predicted octanol–water partition coefficient (Wildman–Crippen LogP) is 4.43. The molecule has 116 valence electrons. The first-order valence-corrected chi connectivity index (χ1v) is 8.13. The van der Waals surface area contributed by atoms with Crippen LogP contribution >= 0.6 is 23.2 Å². The molecule has 1 fully saturated rings. The largest absolute Gasteiger partial charge is 0.484 e. The zero-order chi connectivity index (χ0) is 15.5. The first-order valence-electron chi connectivity index (χ1n) is 7.37. The maximum Gasteiger partial charge on any atom is 0.138 e. The van der Waals surface area contributed by atoms with E-state index >= 15 is 0 Å². The van der Waals surface area contributed by atoms with E-state index in [0.717, 1.165) is 30.6 Å². The number of pyridine rings is 1. The fourth-order valence-electron chi connectivity index (χ4n) is 2.79. The van der Waals surface area contributed by atoms with Crippen LogP contribution in [-0.2, 0) is 0 Å². The minimum Gasteiger partial charge on any atom is -0.484 e. The zero-order valence-corrected chi connectivity index (χ0v) is 13.9. The smallest absolute Gasteiger partial charge is 0.138 e. The maximum atomic E-state index is 6.32. The molecule has 1 saturated heterocycles. The fraction of sp³-hybridized carbons (Fsp3) is 0.353. The zero-order valence-electron chi connectivity index (χ0n) is 12.4. The molecule has 2 aromatic rings. The minimum atomic E-state index is -0.110. The minimum absolute atomic E-state index is 0.110. The summed E-state index contributed by atoms with van der Waals surface area (Å²) in [4.78, 5) is 4.19. The number of rotatable bonds is 4. The quantitative estimate of drug-likeness (QED) is 0.896. The summed E-state index contributed by atoms with van der Waals surface area (Å²) in [5.41, 5.74) is 2.10. The third kappa shape index (κ3) is 3.54. The van der Waals surface area contributed by atoms with Crippen LogP contribution in [0.15, 0.2) is 36.7 Å². The number of benzene rings is 1. The van der Waals surface area contributed by atoms with Crippen LogP contribution in [0.1, 0.15) is 23.7 Å². The summed E-state index contributed by atoms with van der Waals surface area (Å²) in [5.74, 6) is 1.07. The van der Waals surface area contributed by atoms with E-state index in [9.17, 15) is 0 Å². The van der Waals surface area contributed by atoms with Crippen molar-refractivity contribution in [3.05, 3.63) is 57.8 Å². The van der Waals surface area contributed by atoms with Crippen molar-refractivity contribution in [1.29, 1.82) is 0 Å². The molecule has 3 nitrogen and oxygen atoms in total. The fourth-order valence-corrected chi connectivity index (χ4v) is 3.26. The molecule has 1 aromatic carbocycles. The highest BCUT2D eigenvalue weighted by atomic mass is 35.5. The molecule has 3 rings (SSSR count). The van der Waals surface area contributed by atoms with E-state index in [1.54, 1.807) is 6.20 Å². The predicted molar refractivity (Wildman–Crippen MR) is 89.8 cm³/mol. The summed E-state index contributed by atoms with van der Waals surface area (Å²) >= 11 is 12.4. The van der Waals surface area contributed by atoms with Gasteiger partial charge < -0.3 is 10.1 Å². The van der Waals surface area contributed by atoms with Crippen LogP contribution in [0.4, 0.5) is 0 Å². The summed E-state index contributed by atoms with van der Waals surface area (Å²) in [6.07, 6.45) is 4.40. The molecule has 1 aliphatic heterocycles. The van der Waals surface area contributed by atoms with Crippen molar-refractivity contribution in [3.63, 3.8) is 0 Å². The number of nitrogens with zero attached hydrogens (tertiary/aromatic N) is 1. The van der Waals surface area contributed by atoms with Gasteiger partial charge in [0.2, 0.25) is 0 Å². The van der Waals surface area contributed by atoms with Crippen LogP contribution in [-0.4, -0.2) is 18.1 Å². The molecule has 0 aliphatic carbocycles. The van der Waals surface area contributed by atoms with Gasteiger partial charge in [0.25, 0.3) is 0 Å². The lowest BCUT2D eigenvalue weighted by molar-refractivity contribution is 0.144. The molecular formula is C17H18Cl2N2O. The lowest BCUT2D eigenvalue weighted by atomic mass is 9.96. The molecule has 0 spiro atoms.